The largest absolute Gasteiger partial charge is 0.497 e. The van der Waals surface area contributed by atoms with Crippen molar-refractivity contribution in [2.45, 2.75) is 57.9 Å². The van der Waals surface area contributed by atoms with Gasteiger partial charge in [0.15, 0.2) is 0 Å². The lowest BCUT2D eigenvalue weighted by Gasteiger charge is -2.39. The molecule has 5 heteroatoms. The first-order chi connectivity index (χ1) is 18.7. The van der Waals surface area contributed by atoms with Gasteiger partial charge in [-0.2, -0.15) is 0 Å². The highest BCUT2D eigenvalue weighted by Gasteiger charge is 2.29. The van der Waals surface area contributed by atoms with E-state index < -0.39 is 0 Å². The third kappa shape index (κ3) is 6.44. The molecule has 0 aromatic heterocycles. The summed E-state index contributed by atoms with van der Waals surface area (Å²) in [6.45, 7) is 7.15. The second-order valence-corrected chi connectivity index (χ2v) is 10.4. The van der Waals surface area contributed by atoms with Crippen LogP contribution in [0.5, 0.6) is 17.2 Å². The van der Waals surface area contributed by atoms with E-state index in [1.54, 1.807) is 7.11 Å². The fourth-order valence-corrected chi connectivity index (χ4v) is 5.68. The number of hydrogen-bond acceptors (Lipinski definition) is 5. The van der Waals surface area contributed by atoms with E-state index >= 15 is 0 Å². The summed E-state index contributed by atoms with van der Waals surface area (Å²) in [7, 11) is 1.74. The zero-order valence-electron chi connectivity index (χ0n) is 23.0. The Morgan fingerprint density at radius 2 is 1.47 bits per heavy atom. The van der Waals surface area contributed by atoms with Gasteiger partial charge in [0, 0.05) is 17.9 Å². The molecule has 2 aliphatic heterocycles. The van der Waals surface area contributed by atoms with Gasteiger partial charge in [-0.3, -0.25) is 4.90 Å². The van der Waals surface area contributed by atoms with Gasteiger partial charge in [-0.25, -0.2) is 0 Å². The molecule has 1 fully saturated rings. The third-order valence-electron chi connectivity index (χ3n) is 7.82. The number of unbranched alkanes of at least 4 members (excludes halogenated alkanes) is 2. The van der Waals surface area contributed by atoms with Crippen LogP contribution in [0.3, 0.4) is 0 Å². The summed E-state index contributed by atoms with van der Waals surface area (Å²) in [4.78, 5) is 4.96. The first kappa shape index (κ1) is 26.4. The molecule has 0 amide bonds. The minimum absolute atomic E-state index is 0.243. The average molecular weight is 515 g/mol. The molecule has 2 aliphatic rings. The normalized spacial score (nSPS) is 17.3. The number of rotatable bonds is 12. The number of nitrogens with zero attached hydrogens (tertiary/aromatic N) is 2. The highest BCUT2D eigenvalue weighted by atomic mass is 16.5. The third-order valence-corrected chi connectivity index (χ3v) is 7.82. The Bertz CT molecular complexity index is 1140. The molecule has 0 radical (unpaired) electrons. The van der Waals surface area contributed by atoms with Gasteiger partial charge < -0.3 is 19.1 Å². The number of anilines is 2. The van der Waals surface area contributed by atoms with Crippen molar-refractivity contribution in [2.24, 2.45) is 0 Å². The van der Waals surface area contributed by atoms with Gasteiger partial charge in [-0.1, -0.05) is 31.9 Å². The number of hydrogen-bond donors (Lipinski definition) is 0. The van der Waals surface area contributed by atoms with Crippen LogP contribution in [-0.2, 0) is 6.42 Å². The zero-order valence-corrected chi connectivity index (χ0v) is 23.0. The maximum absolute atomic E-state index is 6.09. The van der Waals surface area contributed by atoms with Gasteiger partial charge in [0.25, 0.3) is 0 Å². The molecule has 202 valence electrons. The first-order valence-electron chi connectivity index (χ1n) is 14.4. The standard InChI is InChI=1S/C33H42N2O3/c1-3-4-7-23-37-29-13-8-26(9-14-29)32-18-10-27-25-31(36-2)17-19-33(27)35(32)28-11-15-30(16-12-28)38-24-22-34-20-5-6-21-34/h8-9,11-17,19,25,32H,3-7,10,18,20-24H2,1-2H3. The molecule has 5 nitrogen and oxygen atoms in total. The van der Waals surface area contributed by atoms with Crippen LogP contribution in [0, 0.1) is 0 Å². The minimum Gasteiger partial charge on any atom is -0.497 e. The van der Waals surface area contributed by atoms with E-state index in [-0.39, 0.29) is 6.04 Å². The summed E-state index contributed by atoms with van der Waals surface area (Å²) < 4.78 is 17.6. The molecular formula is C33H42N2O3. The quantitative estimate of drug-likeness (QED) is 0.233. The van der Waals surface area contributed by atoms with E-state index in [9.17, 15) is 0 Å². The monoisotopic (exact) mass is 514 g/mol. The van der Waals surface area contributed by atoms with E-state index in [1.165, 1.54) is 61.3 Å². The van der Waals surface area contributed by atoms with Gasteiger partial charge in [0.1, 0.15) is 23.9 Å². The molecule has 5 rings (SSSR count). The molecular weight excluding hydrogens is 472 g/mol. The lowest BCUT2D eigenvalue weighted by molar-refractivity contribution is 0.238. The minimum atomic E-state index is 0.243. The van der Waals surface area contributed by atoms with Gasteiger partial charge in [0.05, 0.1) is 19.8 Å². The van der Waals surface area contributed by atoms with E-state index in [4.69, 9.17) is 14.2 Å². The average Bonchev–Trinajstić information content (AvgIpc) is 3.49. The maximum Gasteiger partial charge on any atom is 0.119 e. The Labute approximate surface area is 228 Å². The van der Waals surface area contributed by atoms with E-state index in [0.29, 0.717) is 0 Å². The lowest BCUT2D eigenvalue weighted by Crippen LogP contribution is -2.29. The first-order valence-corrected chi connectivity index (χ1v) is 14.4. The molecule has 0 bridgehead atoms. The number of likely N-dealkylation sites (tertiary alicyclic amines) is 1. The molecule has 2 heterocycles. The highest BCUT2D eigenvalue weighted by Crippen LogP contribution is 2.45. The van der Waals surface area contributed by atoms with Crippen molar-refractivity contribution < 1.29 is 14.2 Å². The highest BCUT2D eigenvalue weighted by molar-refractivity contribution is 5.71. The molecule has 0 saturated carbocycles. The maximum atomic E-state index is 6.09. The second kappa shape index (κ2) is 13.1. The Morgan fingerprint density at radius 1 is 0.789 bits per heavy atom. The van der Waals surface area contributed by atoms with Crippen LogP contribution in [0.4, 0.5) is 11.4 Å². The summed E-state index contributed by atoms with van der Waals surface area (Å²) in [6.07, 6.45) is 8.19. The molecule has 0 aliphatic carbocycles. The molecule has 0 spiro atoms. The Hall–Kier alpha value is -3.18. The summed E-state index contributed by atoms with van der Waals surface area (Å²) >= 11 is 0. The summed E-state index contributed by atoms with van der Waals surface area (Å²) in [6, 6.07) is 24.0. The van der Waals surface area contributed by atoms with Crippen molar-refractivity contribution in [3.05, 3.63) is 77.9 Å². The van der Waals surface area contributed by atoms with Crippen LogP contribution in [0.1, 0.15) is 62.6 Å². The number of aryl methyl sites for hydroxylation is 1. The van der Waals surface area contributed by atoms with E-state index in [0.717, 1.165) is 56.3 Å². The van der Waals surface area contributed by atoms with Crippen molar-refractivity contribution in [1.82, 2.24) is 4.90 Å². The number of ether oxygens (including phenoxy) is 3. The Kier molecular flexibility index (Phi) is 9.08. The fourth-order valence-electron chi connectivity index (χ4n) is 5.68. The van der Waals surface area contributed by atoms with Crippen molar-refractivity contribution in [1.29, 1.82) is 0 Å². The molecule has 1 unspecified atom stereocenters. The van der Waals surface area contributed by atoms with Crippen LogP contribution >= 0.6 is 0 Å². The van der Waals surface area contributed by atoms with Crippen molar-refractivity contribution in [3.63, 3.8) is 0 Å². The molecule has 0 N–H and O–H groups in total. The molecule has 3 aromatic rings. The SMILES string of the molecule is CCCCCOc1ccc(C2CCc3cc(OC)ccc3N2c2ccc(OCCN3CCCC3)cc2)cc1. The Morgan fingerprint density at radius 3 is 2.18 bits per heavy atom. The molecule has 1 atom stereocenters. The summed E-state index contributed by atoms with van der Waals surface area (Å²) in [5, 5.41) is 0. The van der Waals surface area contributed by atoms with Crippen molar-refractivity contribution in [2.75, 3.05) is 44.9 Å². The van der Waals surface area contributed by atoms with Crippen molar-refractivity contribution >= 4 is 11.4 Å². The lowest BCUT2D eigenvalue weighted by atomic mass is 9.90. The van der Waals surface area contributed by atoms with Gasteiger partial charge in [-0.15, -0.1) is 0 Å². The number of benzene rings is 3. The van der Waals surface area contributed by atoms with Gasteiger partial charge in [-0.05, 0) is 111 Å². The Balaban J connectivity index is 1.34. The van der Waals surface area contributed by atoms with Crippen LogP contribution in [0.25, 0.3) is 0 Å². The van der Waals surface area contributed by atoms with E-state index in [1.807, 2.05) is 0 Å². The fraction of sp³-hybridized carbons (Fsp3) is 0.455. The predicted octanol–water partition coefficient (Wildman–Crippen LogP) is 7.56. The predicted molar refractivity (Wildman–Crippen MR) is 155 cm³/mol. The smallest absolute Gasteiger partial charge is 0.119 e. The molecule has 1 saturated heterocycles. The zero-order chi connectivity index (χ0) is 26.2. The van der Waals surface area contributed by atoms with Crippen LogP contribution in [-0.4, -0.2) is 44.9 Å². The van der Waals surface area contributed by atoms with Gasteiger partial charge >= 0.3 is 0 Å². The van der Waals surface area contributed by atoms with Crippen LogP contribution in [0.2, 0.25) is 0 Å². The molecule has 38 heavy (non-hydrogen) atoms. The van der Waals surface area contributed by atoms with Gasteiger partial charge in [0.2, 0.25) is 0 Å². The van der Waals surface area contributed by atoms with E-state index in [2.05, 4.69) is 83.5 Å². The topological polar surface area (TPSA) is 34.2 Å². The van der Waals surface area contributed by atoms with Crippen LogP contribution in [0.15, 0.2) is 66.7 Å². The summed E-state index contributed by atoms with van der Waals surface area (Å²) in [5.41, 5.74) is 5.04. The molecule has 3 aromatic carbocycles. The number of methoxy groups -OCH3 is 1. The second-order valence-electron chi connectivity index (χ2n) is 10.4. The van der Waals surface area contributed by atoms with Crippen LogP contribution < -0.4 is 19.1 Å². The number of fused-ring (bicyclic) bond motifs is 1. The summed E-state index contributed by atoms with van der Waals surface area (Å²) in [5.74, 6) is 2.79. The van der Waals surface area contributed by atoms with Crippen molar-refractivity contribution in [3.8, 4) is 17.2 Å².